The Kier molecular flexibility index (Phi) is 7.38. The van der Waals surface area contributed by atoms with E-state index in [2.05, 4.69) is 15.1 Å². The second-order valence-electron chi connectivity index (χ2n) is 10.2. The molecule has 3 atom stereocenters. The lowest BCUT2D eigenvalue weighted by Crippen LogP contribution is -2.49. The van der Waals surface area contributed by atoms with Crippen LogP contribution in [0.2, 0.25) is 0 Å². The summed E-state index contributed by atoms with van der Waals surface area (Å²) in [7, 11) is 0. The highest BCUT2D eigenvalue weighted by Crippen LogP contribution is 2.34. The highest BCUT2D eigenvalue weighted by Gasteiger charge is 2.35. The molecule has 33 heavy (non-hydrogen) atoms. The fraction of sp³-hybridized carbons (Fsp3) is 0.731. The summed E-state index contributed by atoms with van der Waals surface area (Å²) in [4.78, 5) is 18.2. The Morgan fingerprint density at radius 3 is 2.55 bits per heavy atom. The molecule has 1 amide bonds. The van der Waals surface area contributed by atoms with Gasteiger partial charge in [0.25, 0.3) is 0 Å². The molecular weight excluding hydrogens is 418 g/mol. The molecule has 3 fully saturated rings. The fourth-order valence-electron chi connectivity index (χ4n) is 6.02. The quantitative estimate of drug-likeness (QED) is 0.656. The monoisotopic (exact) mass is 457 g/mol. The Labute approximate surface area is 197 Å². The average Bonchev–Trinajstić information content (AvgIpc) is 3.56. The largest absolute Gasteiger partial charge is 0.486 e. The van der Waals surface area contributed by atoms with Crippen molar-refractivity contribution in [2.75, 3.05) is 45.9 Å². The Balaban J connectivity index is 1.25. The number of hydrogen-bond donors (Lipinski definition) is 2. The molecule has 0 aromatic heterocycles. The van der Waals surface area contributed by atoms with E-state index in [9.17, 15) is 9.90 Å². The molecule has 1 aliphatic carbocycles. The third kappa shape index (κ3) is 5.47. The SMILES string of the molecule is O=C(N[C@H](CN1CCCC1)[C@H](O)c1ccc2c(c1)OCCO2)C1CCN(C2CCCCC2)C1. The summed E-state index contributed by atoms with van der Waals surface area (Å²) >= 11 is 0. The summed E-state index contributed by atoms with van der Waals surface area (Å²) in [6, 6.07) is 5.92. The number of ether oxygens (including phenoxy) is 2. The van der Waals surface area contributed by atoms with Crippen molar-refractivity contribution in [1.82, 2.24) is 15.1 Å². The summed E-state index contributed by atoms with van der Waals surface area (Å²) in [5.74, 6) is 1.49. The number of rotatable bonds is 7. The molecule has 0 radical (unpaired) electrons. The fourth-order valence-corrected chi connectivity index (χ4v) is 6.02. The Hall–Kier alpha value is -1.83. The predicted octanol–water partition coefficient (Wildman–Crippen LogP) is 2.73. The lowest BCUT2D eigenvalue weighted by atomic mass is 9.94. The molecule has 3 heterocycles. The van der Waals surface area contributed by atoms with Crippen molar-refractivity contribution >= 4 is 5.91 Å². The lowest BCUT2D eigenvalue weighted by Gasteiger charge is -2.32. The van der Waals surface area contributed by atoms with Gasteiger partial charge >= 0.3 is 0 Å². The van der Waals surface area contributed by atoms with Crippen molar-refractivity contribution in [3.8, 4) is 11.5 Å². The van der Waals surface area contributed by atoms with Crippen LogP contribution < -0.4 is 14.8 Å². The van der Waals surface area contributed by atoms with E-state index in [-0.39, 0.29) is 17.9 Å². The molecule has 5 rings (SSSR count). The van der Waals surface area contributed by atoms with Gasteiger partial charge < -0.3 is 24.8 Å². The van der Waals surface area contributed by atoms with Crippen molar-refractivity contribution in [3.05, 3.63) is 23.8 Å². The number of carbonyl (C=O) groups is 1. The smallest absolute Gasteiger partial charge is 0.224 e. The van der Waals surface area contributed by atoms with Gasteiger partial charge in [-0.15, -0.1) is 0 Å². The summed E-state index contributed by atoms with van der Waals surface area (Å²) in [5, 5.41) is 14.6. The van der Waals surface area contributed by atoms with Gasteiger partial charge in [0, 0.05) is 19.1 Å². The van der Waals surface area contributed by atoms with E-state index in [1.54, 1.807) is 0 Å². The maximum atomic E-state index is 13.3. The zero-order valence-corrected chi connectivity index (χ0v) is 19.7. The highest BCUT2D eigenvalue weighted by molar-refractivity contribution is 5.79. The van der Waals surface area contributed by atoms with Crippen molar-refractivity contribution in [2.45, 2.75) is 69.6 Å². The number of aliphatic hydroxyl groups excluding tert-OH is 1. The molecule has 182 valence electrons. The van der Waals surface area contributed by atoms with Crippen molar-refractivity contribution in [2.24, 2.45) is 5.92 Å². The van der Waals surface area contributed by atoms with Crippen LogP contribution in [0.5, 0.6) is 11.5 Å². The van der Waals surface area contributed by atoms with Gasteiger partial charge in [0.15, 0.2) is 11.5 Å². The molecule has 2 N–H and O–H groups in total. The van der Waals surface area contributed by atoms with Gasteiger partial charge in [-0.25, -0.2) is 0 Å². The zero-order chi connectivity index (χ0) is 22.6. The Morgan fingerprint density at radius 1 is 1.00 bits per heavy atom. The minimum Gasteiger partial charge on any atom is -0.486 e. The number of amides is 1. The van der Waals surface area contributed by atoms with E-state index in [0.717, 1.165) is 38.2 Å². The van der Waals surface area contributed by atoms with Crippen LogP contribution in [0.3, 0.4) is 0 Å². The zero-order valence-electron chi connectivity index (χ0n) is 19.7. The number of aliphatic hydroxyl groups is 1. The van der Waals surface area contributed by atoms with Crippen LogP contribution in [0.25, 0.3) is 0 Å². The standard InChI is InChI=1S/C26H39N3O4/c30-25(19-8-9-23-24(16-19)33-15-14-32-23)22(18-28-11-4-5-12-28)27-26(31)20-10-13-29(17-20)21-6-2-1-3-7-21/h8-9,16,20-22,25,30H,1-7,10-15,17-18H2,(H,27,31)/t20?,22-,25-/m1/s1. The number of benzene rings is 1. The first kappa shape index (κ1) is 22.9. The number of likely N-dealkylation sites (tertiary alicyclic amines) is 2. The highest BCUT2D eigenvalue weighted by atomic mass is 16.6. The average molecular weight is 458 g/mol. The van der Waals surface area contributed by atoms with Crippen molar-refractivity contribution < 1.29 is 19.4 Å². The van der Waals surface area contributed by atoms with Crippen LogP contribution in [-0.4, -0.2) is 78.8 Å². The summed E-state index contributed by atoms with van der Waals surface area (Å²) in [6.07, 6.45) is 9.02. The van der Waals surface area contributed by atoms with Crippen molar-refractivity contribution in [1.29, 1.82) is 0 Å². The molecule has 3 aliphatic heterocycles. The van der Waals surface area contributed by atoms with E-state index < -0.39 is 6.10 Å². The molecule has 4 aliphatic rings. The van der Waals surface area contributed by atoms with Gasteiger partial charge in [0.05, 0.1) is 12.0 Å². The predicted molar refractivity (Wildman–Crippen MR) is 127 cm³/mol. The van der Waals surface area contributed by atoms with Gasteiger partial charge in [-0.3, -0.25) is 9.69 Å². The van der Waals surface area contributed by atoms with Crippen LogP contribution in [-0.2, 0) is 4.79 Å². The van der Waals surface area contributed by atoms with Gasteiger partial charge in [0.1, 0.15) is 19.3 Å². The number of carbonyl (C=O) groups excluding carboxylic acids is 1. The first-order valence-electron chi connectivity index (χ1n) is 13.0. The van der Waals surface area contributed by atoms with Crippen LogP contribution in [0, 0.1) is 5.92 Å². The molecule has 0 bridgehead atoms. The minimum absolute atomic E-state index is 0.0143. The van der Waals surface area contributed by atoms with E-state index in [1.165, 1.54) is 44.9 Å². The lowest BCUT2D eigenvalue weighted by molar-refractivity contribution is -0.126. The van der Waals surface area contributed by atoms with E-state index in [0.29, 0.717) is 37.3 Å². The summed E-state index contributed by atoms with van der Waals surface area (Å²) in [6.45, 7) is 5.65. The molecule has 0 spiro atoms. The normalized spacial score (nSPS) is 26.3. The van der Waals surface area contributed by atoms with E-state index in [4.69, 9.17) is 9.47 Å². The number of nitrogens with one attached hydrogen (secondary N) is 1. The molecule has 7 heteroatoms. The number of nitrogens with zero attached hydrogens (tertiary/aromatic N) is 2. The molecule has 1 aromatic rings. The minimum atomic E-state index is -0.791. The molecule has 1 unspecified atom stereocenters. The second kappa shape index (κ2) is 10.6. The van der Waals surface area contributed by atoms with Crippen LogP contribution in [0.15, 0.2) is 18.2 Å². The first-order valence-corrected chi connectivity index (χ1v) is 13.0. The van der Waals surface area contributed by atoms with E-state index >= 15 is 0 Å². The number of hydrogen-bond acceptors (Lipinski definition) is 6. The topological polar surface area (TPSA) is 74.3 Å². The summed E-state index contributed by atoms with van der Waals surface area (Å²) < 4.78 is 11.3. The van der Waals surface area contributed by atoms with Gasteiger partial charge in [-0.1, -0.05) is 25.3 Å². The molecule has 1 aromatic carbocycles. The molecule has 2 saturated heterocycles. The van der Waals surface area contributed by atoms with Gasteiger partial charge in [0.2, 0.25) is 5.91 Å². The maximum Gasteiger partial charge on any atom is 0.224 e. The van der Waals surface area contributed by atoms with Gasteiger partial charge in [-0.2, -0.15) is 0 Å². The van der Waals surface area contributed by atoms with Gasteiger partial charge in [-0.05, 0) is 69.4 Å². The van der Waals surface area contributed by atoms with Crippen LogP contribution >= 0.6 is 0 Å². The Morgan fingerprint density at radius 2 is 1.76 bits per heavy atom. The third-order valence-corrected chi connectivity index (χ3v) is 7.95. The molecule has 1 saturated carbocycles. The second-order valence-corrected chi connectivity index (χ2v) is 10.2. The maximum absolute atomic E-state index is 13.3. The van der Waals surface area contributed by atoms with E-state index in [1.807, 2.05) is 18.2 Å². The molecule has 7 nitrogen and oxygen atoms in total. The first-order chi connectivity index (χ1) is 16.2. The molecular formula is C26H39N3O4. The third-order valence-electron chi connectivity index (χ3n) is 7.95. The van der Waals surface area contributed by atoms with Crippen LogP contribution in [0.4, 0.5) is 0 Å². The van der Waals surface area contributed by atoms with Crippen molar-refractivity contribution in [3.63, 3.8) is 0 Å². The van der Waals surface area contributed by atoms with Crippen LogP contribution in [0.1, 0.15) is 63.0 Å². The number of fused-ring (bicyclic) bond motifs is 1. The summed E-state index contributed by atoms with van der Waals surface area (Å²) in [5.41, 5.74) is 0.763. The Bertz CT molecular complexity index is 807.